The van der Waals surface area contributed by atoms with Crippen LogP contribution >= 0.6 is 0 Å². The number of hydrazine groups is 1. The third kappa shape index (κ3) is 2.02. The third-order valence-corrected chi connectivity index (χ3v) is 2.83. The number of nitrogen functional groups attached to an aromatic ring is 1. The Morgan fingerprint density at radius 2 is 1.87 bits per heavy atom. The number of aromatic nitrogens is 2. The van der Waals surface area contributed by atoms with Crippen molar-refractivity contribution >= 4 is 11.6 Å². The van der Waals surface area contributed by atoms with Gasteiger partial charge in [0, 0.05) is 11.6 Å². The number of nitrogens with zero attached hydrogens (tertiary/aromatic N) is 2. The van der Waals surface area contributed by atoms with Crippen LogP contribution in [0.3, 0.4) is 0 Å². The molecule has 5 heteroatoms. The number of rotatable bonds is 3. The first-order valence-corrected chi connectivity index (χ1v) is 5.20. The lowest BCUT2D eigenvalue weighted by atomic mass is 10.3. The van der Waals surface area contributed by atoms with Gasteiger partial charge in [0.1, 0.15) is 17.5 Å². The summed E-state index contributed by atoms with van der Waals surface area (Å²) in [6, 6.07) is 0.559. The van der Waals surface area contributed by atoms with Gasteiger partial charge in [-0.3, -0.25) is 0 Å². The minimum atomic E-state index is 0.559. The van der Waals surface area contributed by atoms with Gasteiger partial charge < -0.3 is 10.7 Å². The summed E-state index contributed by atoms with van der Waals surface area (Å²) in [6.07, 6.45) is 1.22. The molecule has 5 nitrogen and oxygen atoms in total. The van der Waals surface area contributed by atoms with Crippen molar-refractivity contribution < 1.29 is 0 Å². The van der Waals surface area contributed by atoms with E-state index in [2.05, 4.69) is 27.6 Å². The zero-order chi connectivity index (χ0) is 11.0. The Labute approximate surface area is 89.5 Å². The summed E-state index contributed by atoms with van der Waals surface area (Å²) in [4.78, 5) is 8.59. The summed E-state index contributed by atoms with van der Waals surface area (Å²) in [5.74, 6) is 8.45. The van der Waals surface area contributed by atoms with E-state index >= 15 is 0 Å². The van der Waals surface area contributed by atoms with E-state index in [4.69, 9.17) is 5.84 Å². The molecule has 0 bridgehead atoms. The van der Waals surface area contributed by atoms with Gasteiger partial charge in [-0.1, -0.05) is 6.92 Å². The molecule has 0 saturated heterocycles. The molecular weight excluding hydrogens is 190 g/mol. The van der Waals surface area contributed by atoms with E-state index < -0.39 is 0 Å². The van der Waals surface area contributed by atoms with Crippen LogP contribution in [0.1, 0.15) is 24.7 Å². The highest BCUT2D eigenvalue weighted by Gasteiger charge is 2.33. The minimum absolute atomic E-state index is 0.559. The Kier molecular flexibility index (Phi) is 2.48. The highest BCUT2D eigenvalue weighted by molar-refractivity contribution is 5.57. The molecule has 2 unspecified atom stereocenters. The van der Waals surface area contributed by atoms with Gasteiger partial charge in [-0.25, -0.2) is 15.8 Å². The van der Waals surface area contributed by atoms with Gasteiger partial charge >= 0.3 is 0 Å². The average Bonchev–Trinajstić information content (AvgIpc) is 2.87. The van der Waals surface area contributed by atoms with Gasteiger partial charge in [-0.15, -0.1) is 0 Å². The minimum Gasteiger partial charge on any atom is -0.367 e. The molecule has 4 N–H and O–H groups in total. The fraction of sp³-hybridized carbons (Fsp3) is 0.600. The number of nitrogens with one attached hydrogen (secondary N) is 2. The quantitative estimate of drug-likeness (QED) is 0.513. The molecule has 2 atom stereocenters. The molecule has 1 saturated carbocycles. The predicted octanol–water partition coefficient (Wildman–Crippen LogP) is 1.20. The Morgan fingerprint density at radius 1 is 1.27 bits per heavy atom. The molecule has 82 valence electrons. The maximum absolute atomic E-state index is 5.39. The first-order valence-electron chi connectivity index (χ1n) is 5.20. The maximum Gasteiger partial charge on any atom is 0.148 e. The van der Waals surface area contributed by atoms with Crippen molar-refractivity contribution in [2.24, 2.45) is 11.8 Å². The number of anilines is 2. The van der Waals surface area contributed by atoms with Crippen LogP contribution in [0.4, 0.5) is 11.6 Å². The van der Waals surface area contributed by atoms with Crippen LogP contribution in [0.25, 0.3) is 0 Å². The van der Waals surface area contributed by atoms with E-state index in [1.165, 1.54) is 6.42 Å². The molecule has 1 heterocycles. The zero-order valence-corrected chi connectivity index (χ0v) is 9.33. The Morgan fingerprint density at radius 3 is 2.40 bits per heavy atom. The van der Waals surface area contributed by atoms with Crippen molar-refractivity contribution in [3.05, 3.63) is 11.4 Å². The lowest BCUT2D eigenvalue weighted by molar-refractivity contribution is 0.913. The Balaban J connectivity index is 2.25. The summed E-state index contributed by atoms with van der Waals surface area (Å²) in [7, 11) is 0. The van der Waals surface area contributed by atoms with Crippen molar-refractivity contribution in [1.82, 2.24) is 9.97 Å². The zero-order valence-electron chi connectivity index (χ0n) is 9.33. The van der Waals surface area contributed by atoms with Crippen LogP contribution in [0.15, 0.2) is 0 Å². The summed E-state index contributed by atoms with van der Waals surface area (Å²) in [6.45, 7) is 6.05. The van der Waals surface area contributed by atoms with E-state index in [9.17, 15) is 0 Å². The predicted molar refractivity (Wildman–Crippen MR) is 60.5 cm³/mol. The molecule has 2 rings (SSSR count). The standard InChI is InChI=1S/C10H17N5/c1-5-4-8(5)14-9-6(2)10(15-11)13-7(3)12-9/h5,8H,4,11H2,1-3H3,(H2,12,13,14,15). The van der Waals surface area contributed by atoms with E-state index in [1.807, 2.05) is 13.8 Å². The fourth-order valence-electron chi connectivity index (χ4n) is 1.61. The topological polar surface area (TPSA) is 75.9 Å². The monoisotopic (exact) mass is 207 g/mol. The van der Waals surface area contributed by atoms with E-state index in [-0.39, 0.29) is 0 Å². The fourth-order valence-corrected chi connectivity index (χ4v) is 1.61. The van der Waals surface area contributed by atoms with Gasteiger partial charge in [0.2, 0.25) is 0 Å². The van der Waals surface area contributed by atoms with Crippen molar-refractivity contribution in [2.45, 2.75) is 33.2 Å². The molecule has 1 fully saturated rings. The van der Waals surface area contributed by atoms with Gasteiger partial charge in [-0.05, 0) is 26.2 Å². The van der Waals surface area contributed by atoms with Crippen molar-refractivity contribution in [3.63, 3.8) is 0 Å². The summed E-state index contributed by atoms with van der Waals surface area (Å²) >= 11 is 0. The number of hydrogen-bond donors (Lipinski definition) is 3. The normalized spacial score (nSPS) is 23.7. The van der Waals surface area contributed by atoms with Crippen LogP contribution in [-0.4, -0.2) is 16.0 Å². The van der Waals surface area contributed by atoms with Gasteiger partial charge in [0.25, 0.3) is 0 Å². The first kappa shape index (κ1) is 10.2. The highest BCUT2D eigenvalue weighted by atomic mass is 15.3. The smallest absolute Gasteiger partial charge is 0.148 e. The Hall–Kier alpha value is -1.36. The SMILES string of the molecule is Cc1nc(NN)c(C)c(NC2CC2C)n1. The molecule has 0 radical (unpaired) electrons. The van der Waals surface area contributed by atoms with Crippen LogP contribution in [-0.2, 0) is 0 Å². The molecule has 0 spiro atoms. The summed E-state index contributed by atoms with van der Waals surface area (Å²) in [5, 5.41) is 3.40. The molecule has 1 aliphatic carbocycles. The van der Waals surface area contributed by atoms with Crippen molar-refractivity contribution in [3.8, 4) is 0 Å². The second-order valence-corrected chi connectivity index (χ2v) is 4.20. The lowest BCUT2D eigenvalue weighted by Gasteiger charge is -2.11. The molecule has 15 heavy (non-hydrogen) atoms. The maximum atomic E-state index is 5.39. The number of hydrogen-bond acceptors (Lipinski definition) is 5. The van der Waals surface area contributed by atoms with Gasteiger partial charge in [0.05, 0.1) is 0 Å². The van der Waals surface area contributed by atoms with Gasteiger partial charge in [0.15, 0.2) is 0 Å². The summed E-state index contributed by atoms with van der Waals surface area (Å²) < 4.78 is 0. The van der Waals surface area contributed by atoms with Crippen LogP contribution in [0, 0.1) is 19.8 Å². The largest absolute Gasteiger partial charge is 0.367 e. The molecule has 0 aliphatic heterocycles. The summed E-state index contributed by atoms with van der Waals surface area (Å²) in [5.41, 5.74) is 3.56. The second kappa shape index (κ2) is 3.66. The van der Waals surface area contributed by atoms with Crippen LogP contribution in [0.5, 0.6) is 0 Å². The molecular formula is C10H17N5. The molecule has 0 amide bonds. The molecule has 1 aromatic rings. The molecule has 0 aromatic carbocycles. The Bertz CT molecular complexity index is 376. The van der Waals surface area contributed by atoms with Crippen molar-refractivity contribution in [1.29, 1.82) is 0 Å². The molecule has 1 aliphatic rings. The van der Waals surface area contributed by atoms with Crippen LogP contribution < -0.4 is 16.6 Å². The number of aryl methyl sites for hydroxylation is 1. The lowest BCUT2D eigenvalue weighted by Crippen LogP contribution is -2.15. The number of nitrogens with two attached hydrogens (primary N) is 1. The second-order valence-electron chi connectivity index (χ2n) is 4.20. The van der Waals surface area contributed by atoms with E-state index in [0.717, 1.165) is 23.1 Å². The van der Waals surface area contributed by atoms with E-state index in [1.54, 1.807) is 0 Å². The first-order chi connectivity index (χ1) is 7.11. The third-order valence-electron chi connectivity index (χ3n) is 2.83. The average molecular weight is 207 g/mol. The van der Waals surface area contributed by atoms with Crippen molar-refractivity contribution in [2.75, 3.05) is 10.7 Å². The highest BCUT2D eigenvalue weighted by Crippen LogP contribution is 2.33. The molecule has 1 aromatic heterocycles. The van der Waals surface area contributed by atoms with Gasteiger partial charge in [-0.2, -0.15) is 0 Å². The van der Waals surface area contributed by atoms with E-state index in [0.29, 0.717) is 11.9 Å². The van der Waals surface area contributed by atoms with Crippen LogP contribution in [0.2, 0.25) is 0 Å².